The van der Waals surface area contributed by atoms with Crippen LogP contribution in [0.3, 0.4) is 0 Å². The summed E-state index contributed by atoms with van der Waals surface area (Å²) in [6, 6.07) is 13.8. The Bertz CT molecular complexity index is 1080. The highest BCUT2D eigenvalue weighted by Crippen LogP contribution is 2.37. The van der Waals surface area contributed by atoms with Crippen molar-refractivity contribution >= 4 is 21.4 Å². The van der Waals surface area contributed by atoms with Crippen LogP contribution in [-0.4, -0.2) is 48.9 Å². The zero-order chi connectivity index (χ0) is 23.6. The molecule has 8 nitrogen and oxygen atoms in total. The summed E-state index contributed by atoms with van der Waals surface area (Å²) >= 11 is 0. The number of aliphatic hydroxyl groups is 1. The number of nitro benzene ring substituents is 1. The molecule has 0 unspecified atom stereocenters. The molecule has 0 amide bonds. The lowest BCUT2D eigenvalue weighted by Crippen LogP contribution is -2.39. The first kappa shape index (κ1) is 23.7. The van der Waals surface area contributed by atoms with Crippen molar-refractivity contribution in [3.8, 4) is 0 Å². The molecular formula is C24H31N3O5S. The van der Waals surface area contributed by atoms with E-state index < -0.39 is 21.1 Å². The number of hydrogen-bond acceptors (Lipinski definition) is 6. The summed E-state index contributed by atoms with van der Waals surface area (Å²) in [5.74, 6) is 0.346. The van der Waals surface area contributed by atoms with Crippen molar-refractivity contribution in [1.29, 1.82) is 0 Å². The number of rotatable bonds is 6. The van der Waals surface area contributed by atoms with Gasteiger partial charge in [-0.2, -0.15) is 4.31 Å². The molecule has 33 heavy (non-hydrogen) atoms. The second kappa shape index (κ2) is 9.79. The second-order valence-electron chi connectivity index (χ2n) is 9.20. The minimum absolute atomic E-state index is 0.0264. The molecule has 4 rings (SSSR count). The van der Waals surface area contributed by atoms with Crippen LogP contribution < -0.4 is 4.90 Å². The number of benzene rings is 2. The van der Waals surface area contributed by atoms with Gasteiger partial charge in [0.25, 0.3) is 5.69 Å². The summed E-state index contributed by atoms with van der Waals surface area (Å²) in [6.07, 6.45) is 2.60. The first-order chi connectivity index (χ1) is 15.8. The Labute approximate surface area is 195 Å². The second-order valence-corrected chi connectivity index (χ2v) is 11.1. The number of nitro groups is 1. The Kier molecular flexibility index (Phi) is 7.02. The van der Waals surface area contributed by atoms with Gasteiger partial charge in [0.2, 0.25) is 10.0 Å². The molecule has 178 valence electrons. The average molecular weight is 474 g/mol. The van der Waals surface area contributed by atoms with Gasteiger partial charge in [-0.3, -0.25) is 10.1 Å². The maximum atomic E-state index is 13.1. The standard InChI is InChI=1S/C24H31N3O5S/c1-18-6-5-13-26(17-18)33(31,32)21-9-10-22(23(16-21)27(29)30)25-14-11-20(12-15-25)24(28)19-7-3-2-4-8-19/h2-4,7-10,16,18,20,24,28H,5-6,11-15,17H2,1H3/t18-,24-/m0/s1. The number of hydrogen-bond donors (Lipinski definition) is 1. The smallest absolute Gasteiger partial charge is 0.293 e. The zero-order valence-corrected chi connectivity index (χ0v) is 19.7. The molecule has 0 radical (unpaired) electrons. The van der Waals surface area contributed by atoms with Crippen LogP contribution in [0.2, 0.25) is 0 Å². The van der Waals surface area contributed by atoms with Gasteiger partial charge in [0.1, 0.15) is 5.69 Å². The van der Waals surface area contributed by atoms with E-state index in [9.17, 15) is 23.6 Å². The predicted octanol–water partition coefficient (Wildman–Crippen LogP) is 3.97. The first-order valence-corrected chi connectivity index (χ1v) is 13.0. The molecule has 2 aliphatic heterocycles. The van der Waals surface area contributed by atoms with Crippen LogP contribution in [-0.2, 0) is 10.0 Å². The summed E-state index contributed by atoms with van der Waals surface area (Å²) in [5.41, 5.74) is 1.12. The quantitative estimate of drug-likeness (QED) is 0.503. The van der Waals surface area contributed by atoms with E-state index >= 15 is 0 Å². The molecular weight excluding hydrogens is 442 g/mol. The van der Waals surface area contributed by atoms with Gasteiger partial charge in [-0.1, -0.05) is 37.3 Å². The monoisotopic (exact) mass is 473 g/mol. The molecule has 2 aliphatic rings. The van der Waals surface area contributed by atoms with E-state index in [1.54, 1.807) is 6.07 Å². The van der Waals surface area contributed by atoms with Gasteiger partial charge in [-0.05, 0) is 55.2 Å². The van der Waals surface area contributed by atoms with Gasteiger partial charge in [0, 0.05) is 32.2 Å². The van der Waals surface area contributed by atoms with E-state index in [4.69, 9.17) is 0 Å². The molecule has 2 fully saturated rings. The predicted molar refractivity (Wildman–Crippen MR) is 127 cm³/mol. The zero-order valence-electron chi connectivity index (χ0n) is 18.8. The van der Waals surface area contributed by atoms with Crippen LogP contribution in [0.1, 0.15) is 44.3 Å². The Morgan fingerprint density at radius 3 is 2.39 bits per heavy atom. The Balaban J connectivity index is 1.51. The SMILES string of the molecule is C[C@H]1CCCN(S(=O)(=O)c2ccc(N3CCC([C@@H](O)c4ccccc4)CC3)c([N+](=O)[O-])c2)C1. The fraction of sp³-hybridized carbons (Fsp3) is 0.500. The van der Waals surface area contributed by atoms with Gasteiger partial charge in [-0.25, -0.2) is 8.42 Å². The number of sulfonamides is 1. The van der Waals surface area contributed by atoms with Crippen LogP contribution in [0.4, 0.5) is 11.4 Å². The van der Waals surface area contributed by atoms with Crippen LogP contribution in [0, 0.1) is 22.0 Å². The van der Waals surface area contributed by atoms with E-state index in [-0.39, 0.29) is 22.4 Å². The van der Waals surface area contributed by atoms with Gasteiger partial charge in [0.05, 0.1) is 15.9 Å². The van der Waals surface area contributed by atoms with E-state index in [2.05, 4.69) is 0 Å². The lowest BCUT2D eigenvalue weighted by atomic mass is 9.87. The van der Waals surface area contributed by atoms with E-state index in [1.165, 1.54) is 16.4 Å². The molecule has 2 aromatic carbocycles. The number of aliphatic hydroxyl groups excluding tert-OH is 1. The molecule has 0 aromatic heterocycles. The minimum Gasteiger partial charge on any atom is -0.388 e. The summed E-state index contributed by atoms with van der Waals surface area (Å²) in [7, 11) is -3.77. The number of piperidine rings is 2. The highest BCUT2D eigenvalue weighted by molar-refractivity contribution is 7.89. The van der Waals surface area contributed by atoms with Gasteiger partial charge >= 0.3 is 0 Å². The van der Waals surface area contributed by atoms with Gasteiger partial charge in [0.15, 0.2) is 0 Å². The average Bonchev–Trinajstić information content (AvgIpc) is 2.84. The molecule has 0 aliphatic carbocycles. The van der Waals surface area contributed by atoms with E-state index in [1.807, 2.05) is 42.2 Å². The third-order valence-corrected chi connectivity index (χ3v) is 8.73. The van der Waals surface area contributed by atoms with Crippen LogP contribution in [0.15, 0.2) is 53.4 Å². The van der Waals surface area contributed by atoms with Crippen molar-refractivity contribution in [2.24, 2.45) is 11.8 Å². The van der Waals surface area contributed by atoms with Crippen molar-refractivity contribution in [1.82, 2.24) is 4.31 Å². The lowest BCUT2D eigenvalue weighted by molar-refractivity contribution is -0.384. The summed E-state index contributed by atoms with van der Waals surface area (Å²) in [6.45, 7) is 4.02. The maximum absolute atomic E-state index is 13.1. The molecule has 2 heterocycles. The molecule has 2 atom stereocenters. The third-order valence-electron chi connectivity index (χ3n) is 6.87. The summed E-state index contributed by atoms with van der Waals surface area (Å²) < 4.78 is 27.7. The van der Waals surface area contributed by atoms with Crippen LogP contribution >= 0.6 is 0 Å². The van der Waals surface area contributed by atoms with E-state index in [0.717, 1.165) is 18.4 Å². The Hall–Kier alpha value is -2.49. The fourth-order valence-electron chi connectivity index (χ4n) is 4.97. The van der Waals surface area contributed by atoms with Crippen LogP contribution in [0.5, 0.6) is 0 Å². The third kappa shape index (κ3) is 5.05. The molecule has 0 spiro atoms. The molecule has 2 saturated heterocycles. The minimum atomic E-state index is -3.77. The van der Waals surface area contributed by atoms with Crippen molar-refractivity contribution in [3.05, 3.63) is 64.2 Å². The topological polar surface area (TPSA) is 104 Å². The van der Waals surface area contributed by atoms with Crippen LogP contribution in [0.25, 0.3) is 0 Å². The highest BCUT2D eigenvalue weighted by Gasteiger charge is 2.33. The van der Waals surface area contributed by atoms with Crippen molar-refractivity contribution in [2.75, 3.05) is 31.1 Å². The Morgan fingerprint density at radius 1 is 1.06 bits per heavy atom. The highest BCUT2D eigenvalue weighted by atomic mass is 32.2. The first-order valence-electron chi connectivity index (χ1n) is 11.5. The van der Waals surface area contributed by atoms with Crippen molar-refractivity contribution < 1.29 is 18.4 Å². The van der Waals surface area contributed by atoms with Crippen molar-refractivity contribution in [2.45, 2.75) is 43.6 Å². The largest absolute Gasteiger partial charge is 0.388 e. The maximum Gasteiger partial charge on any atom is 0.293 e. The molecule has 0 bridgehead atoms. The molecule has 9 heteroatoms. The van der Waals surface area contributed by atoms with Gasteiger partial charge in [-0.15, -0.1) is 0 Å². The van der Waals surface area contributed by atoms with Crippen molar-refractivity contribution in [3.63, 3.8) is 0 Å². The molecule has 2 aromatic rings. The van der Waals surface area contributed by atoms with Gasteiger partial charge < -0.3 is 10.0 Å². The number of nitrogens with zero attached hydrogens (tertiary/aromatic N) is 3. The summed E-state index contributed by atoms with van der Waals surface area (Å²) in [4.78, 5) is 13.3. The lowest BCUT2D eigenvalue weighted by Gasteiger charge is -2.35. The normalized spacial score (nSPS) is 21.6. The Morgan fingerprint density at radius 2 is 1.76 bits per heavy atom. The molecule has 1 N–H and O–H groups in total. The summed E-state index contributed by atoms with van der Waals surface area (Å²) in [5, 5.41) is 22.6. The molecule has 0 saturated carbocycles. The fourth-order valence-corrected chi connectivity index (χ4v) is 6.59. The van der Waals surface area contributed by atoms with E-state index in [0.29, 0.717) is 44.7 Å². The number of anilines is 1.